The molecule has 8 heteroatoms. The Morgan fingerprint density at radius 3 is 2.63 bits per heavy atom. The number of esters is 2. The van der Waals surface area contributed by atoms with Crippen LogP contribution in [-0.2, 0) is 30.3 Å². The van der Waals surface area contributed by atoms with Crippen LogP contribution < -0.4 is 5.32 Å². The van der Waals surface area contributed by atoms with E-state index in [-0.39, 0.29) is 25.4 Å². The molecule has 1 aromatic carbocycles. The Hall–Kier alpha value is -3.16. The van der Waals surface area contributed by atoms with E-state index in [1.54, 1.807) is 24.0 Å². The maximum Gasteiger partial charge on any atom is 0.310 e. The van der Waals surface area contributed by atoms with Gasteiger partial charge >= 0.3 is 11.9 Å². The maximum atomic E-state index is 11.9. The van der Waals surface area contributed by atoms with Gasteiger partial charge in [-0.2, -0.15) is 5.10 Å². The molecule has 0 unspecified atom stereocenters. The van der Waals surface area contributed by atoms with Gasteiger partial charge in [-0.15, -0.1) is 0 Å². The van der Waals surface area contributed by atoms with E-state index in [0.717, 1.165) is 5.69 Å². The molecule has 8 nitrogen and oxygen atoms in total. The average Bonchev–Trinajstić information content (AvgIpc) is 3.13. The minimum atomic E-state index is -0.510. The second-order valence-electron chi connectivity index (χ2n) is 5.72. The molecule has 1 amide bonds. The Kier molecular flexibility index (Phi) is 8.02. The summed E-state index contributed by atoms with van der Waals surface area (Å²) in [5.74, 6) is -1.22. The lowest BCUT2D eigenvalue weighted by Crippen LogP contribution is -2.30. The molecule has 0 aliphatic carbocycles. The van der Waals surface area contributed by atoms with Crippen molar-refractivity contribution in [2.45, 2.75) is 26.2 Å². The lowest BCUT2D eigenvalue weighted by molar-refractivity contribution is -0.147. The van der Waals surface area contributed by atoms with Gasteiger partial charge in [-0.25, -0.2) is 4.68 Å². The van der Waals surface area contributed by atoms with E-state index in [2.05, 4.69) is 10.4 Å². The molecule has 0 saturated heterocycles. The highest BCUT2D eigenvalue weighted by atomic mass is 16.5. The fraction of sp³-hybridized carbons (Fsp3) is 0.368. The minimum Gasteiger partial charge on any atom is -0.466 e. The van der Waals surface area contributed by atoms with E-state index in [4.69, 9.17) is 9.47 Å². The monoisotopic (exact) mass is 373 g/mol. The molecule has 0 radical (unpaired) electrons. The summed E-state index contributed by atoms with van der Waals surface area (Å²) >= 11 is 0. The second kappa shape index (κ2) is 10.7. The first-order chi connectivity index (χ1) is 13.1. The van der Waals surface area contributed by atoms with Gasteiger partial charge < -0.3 is 14.8 Å². The summed E-state index contributed by atoms with van der Waals surface area (Å²) in [6.45, 7) is 2.04. The summed E-state index contributed by atoms with van der Waals surface area (Å²) in [5.41, 5.74) is 1.58. The van der Waals surface area contributed by atoms with Crippen molar-refractivity contribution < 1.29 is 23.9 Å². The number of rotatable bonds is 10. The van der Waals surface area contributed by atoms with Crippen LogP contribution in [0.4, 0.5) is 0 Å². The summed E-state index contributed by atoms with van der Waals surface area (Å²) in [5, 5.41) is 6.79. The predicted octanol–water partition coefficient (Wildman–Crippen LogP) is 1.42. The molecular weight excluding hydrogens is 350 g/mol. The van der Waals surface area contributed by atoms with E-state index >= 15 is 0 Å². The Balaban J connectivity index is 1.65. The molecule has 0 spiro atoms. The van der Waals surface area contributed by atoms with Crippen molar-refractivity contribution in [1.29, 1.82) is 0 Å². The lowest BCUT2D eigenvalue weighted by Gasteiger charge is -2.06. The Morgan fingerprint density at radius 2 is 1.89 bits per heavy atom. The number of ether oxygens (including phenoxy) is 2. The molecule has 0 saturated carbocycles. The van der Waals surface area contributed by atoms with E-state index in [1.807, 2.05) is 30.3 Å². The number of hydrogen-bond acceptors (Lipinski definition) is 6. The molecule has 1 N–H and O–H groups in total. The van der Waals surface area contributed by atoms with Crippen molar-refractivity contribution in [2.75, 3.05) is 19.8 Å². The third kappa shape index (κ3) is 7.31. The quantitative estimate of drug-likeness (QED) is 0.499. The van der Waals surface area contributed by atoms with Gasteiger partial charge in [0.25, 0.3) is 5.91 Å². The largest absolute Gasteiger partial charge is 0.466 e. The average molecular weight is 373 g/mol. The van der Waals surface area contributed by atoms with E-state index in [9.17, 15) is 14.4 Å². The van der Waals surface area contributed by atoms with Gasteiger partial charge in [0, 0.05) is 24.7 Å². The van der Waals surface area contributed by atoms with Crippen LogP contribution in [0.25, 0.3) is 5.69 Å². The number of hydrogen-bond donors (Lipinski definition) is 1. The molecule has 0 bridgehead atoms. The number of nitrogens with zero attached hydrogens (tertiary/aromatic N) is 2. The van der Waals surface area contributed by atoms with Crippen molar-refractivity contribution in [2.24, 2.45) is 0 Å². The SMILES string of the molecule is CCOC(=O)CCCNC(=O)COC(=O)Cc1cnn(-c2ccccc2)c1. The Labute approximate surface area is 157 Å². The van der Waals surface area contributed by atoms with Gasteiger partial charge in [-0.1, -0.05) is 18.2 Å². The minimum absolute atomic E-state index is 0.0307. The lowest BCUT2D eigenvalue weighted by atomic mass is 10.2. The number of carbonyl (C=O) groups is 3. The van der Waals surface area contributed by atoms with Crippen molar-refractivity contribution in [3.8, 4) is 5.69 Å². The van der Waals surface area contributed by atoms with Crippen LogP contribution in [0.15, 0.2) is 42.7 Å². The van der Waals surface area contributed by atoms with E-state index < -0.39 is 11.9 Å². The van der Waals surface area contributed by atoms with Gasteiger partial charge in [-0.05, 0) is 25.5 Å². The third-order valence-electron chi connectivity index (χ3n) is 3.55. The van der Waals surface area contributed by atoms with Crippen LogP contribution in [-0.4, -0.2) is 47.4 Å². The highest BCUT2D eigenvalue weighted by Crippen LogP contribution is 2.08. The first kappa shape index (κ1) is 20.2. The number of para-hydroxylation sites is 1. The van der Waals surface area contributed by atoms with Crippen LogP contribution in [0.1, 0.15) is 25.3 Å². The van der Waals surface area contributed by atoms with Crippen molar-refractivity contribution in [3.63, 3.8) is 0 Å². The van der Waals surface area contributed by atoms with Crippen molar-refractivity contribution in [1.82, 2.24) is 15.1 Å². The predicted molar refractivity (Wildman–Crippen MR) is 97.1 cm³/mol. The number of aromatic nitrogens is 2. The highest BCUT2D eigenvalue weighted by Gasteiger charge is 2.10. The molecule has 27 heavy (non-hydrogen) atoms. The molecular formula is C19H23N3O5. The zero-order chi connectivity index (χ0) is 19.5. The normalized spacial score (nSPS) is 10.3. The third-order valence-corrected chi connectivity index (χ3v) is 3.55. The standard InChI is InChI=1S/C19H23N3O5/c1-2-26-18(24)9-6-10-20-17(23)14-27-19(25)11-15-12-21-22(13-15)16-7-4-3-5-8-16/h3-5,7-8,12-13H,2,6,9-11,14H2,1H3,(H,20,23). The summed E-state index contributed by atoms with van der Waals surface area (Å²) < 4.78 is 11.4. The van der Waals surface area contributed by atoms with E-state index in [0.29, 0.717) is 25.1 Å². The molecule has 144 valence electrons. The molecule has 0 atom stereocenters. The second-order valence-corrected chi connectivity index (χ2v) is 5.72. The van der Waals surface area contributed by atoms with Crippen LogP contribution in [0.2, 0.25) is 0 Å². The molecule has 1 heterocycles. The maximum absolute atomic E-state index is 11.9. The summed E-state index contributed by atoms with van der Waals surface area (Å²) in [6.07, 6.45) is 4.06. The van der Waals surface area contributed by atoms with Crippen LogP contribution in [0.5, 0.6) is 0 Å². The topological polar surface area (TPSA) is 99.5 Å². The molecule has 2 aromatic rings. The number of benzene rings is 1. The Morgan fingerprint density at radius 1 is 1.11 bits per heavy atom. The summed E-state index contributed by atoms with van der Waals surface area (Å²) in [7, 11) is 0. The molecule has 0 aliphatic heterocycles. The highest BCUT2D eigenvalue weighted by molar-refractivity contribution is 5.81. The van der Waals surface area contributed by atoms with Crippen molar-refractivity contribution >= 4 is 17.8 Å². The smallest absolute Gasteiger partial charge is 0.310 e. The molecule has 1 aromatic heterocycles. The molecule has 2 rings (SSSR count). The van der Waals surface area contributed by atoms with Gasteiger partial charge in [-0.3, -0.25) is 14.4 Å². The van der Waals surface area contributed by atoms with Gasteiger partial charge in [0.15, 0.2) is 6.61 Å². The fourth-order valence-corrected chi connectivity index (χ4v) is 2.28. The zero-order valence-corrected chi connectivity index (χ0v) is 15.2. The summed E-state index contributed by atoms with van der Waals surface area (Å²) in [4.78, 5) is 34.6. The van der Waals surface area contributed by atoms with Crippen LogP contribution in [0.3, 0.4) is 0 Å². The number of amides is 1. The van der Waals surface area contributed by atoms with Gasteiger partial charge in [0.1, 0.15) is 0 Å². The fourth-order valence-electron chi connectivity index (χ4n) is 2.28. The van der Waals surface area contributed by atoms with Crippen LogP contribution >= 0.6 is 0 Å². The van der Waals surface area contributed by atoms with E-state index in [1.165, 1.54) is 0 Å². The van der Waals surface area contributed by atoms with Gasteiger partial charge in [0.2, 0.25) is 0 Å². The van der Waals surface area contributed by atoms with Crippen molar-refractivity contribution in [3.05, 3.63) is 48.3 Å². The molecule has 0 fully saturated rings. The van der Waals surface area contributed by atoms with Gasteiger partial charge in [0.05, 0.1) is 24.9 Å². The van der Waals surface area contributed by atoms with Crippen LogP contribution in [0, 0.1) is 0 Å². The first-order valence-corrected chi connectivity index (χ1v) is 8.75. The molecule has 0 aliphatic rings. The number of carbonyl (C=O) groups excluding carboxylic acids is 3. The summed E-state index contributed by atoms with van der Waals surface area (Å²) in [6, 6.07) is 9.52. The first-order valence-electron chi connectivity index (χ1n) is 8.75. The number of nitrogens with one attached hydrogen (secondary N) is 1. The zero-order valence-electron chi connectivity index (χ0n) is 15.2. The Bertz CT molecular complexity index is 758.